The summed E-state index contributed by atoms with van der Waals surface area (Å²) >= 11 is 6.02. The number of benzene rings is 2. The molecule has 0 radical (unpaired) electrons. The topological polar surface area (TPSA) is 72.8 Å². The molecular formula is C23H18ClN3O4. The molecule has 1 saturated heterocycles. The first-order valence-corrected chi connectivity index (χ1v) is 10.0. The van der Waals surface area contributed by atoms with Crippen LogP contribution in [0, 0.1) is 13.8 Å². The van der Waals surface area contributed by atoms with Crippen molar-refractivity contribution in [2.45, 2.75) is 13.8 Å². The lowest BCUT2D eigenvalue weighted by molar-refractivity contribution is -0.113. The van der Waals surface area contributed by atoms with Crippen molar-refractivity contribution in [3.05, 3.63) is 76.2 Å². The Kier molecular flexibility index (Phi) is 4.48. The van der Waals surface area contributed by atoms with E-state index in [1.807, 2.05) is 38.1 Å². The molecule has 2 aromatic carbocycles. The van der Waals surface area contributed by atoms with Crippen LogP contribution in [0.5, 0.6) is 11.5 Å². The first-order valence-electron chi connectivity index (χ1n) is 9.64. The molecule has 0 bridgehead atoms. The monoisotopic (exact) mass is 435 g/mol. The Hall–Kier alpha value is -3.71. The largest absolute Gasteiger partial charge is 0.454 e. The third-order valence-electron chi connectivity index (χ3n) is 5.33. The highest BCUT2D eigenvalue weighted by Gasteiger charge is 2.35. The summed E-state index contributed by atoms with van der Waals surface area (Å²) in [7, 11) is 0. The van der Waals surface area contributed by atoms with E-state index < -0.39 is 11.9 Å². The number of aromatic nitrogens is 1. The van der Waals surface area contributed by atoms with Gasteiger partial charge in [0.25, 0.3) is 5.91 Å². The number of fused-ring (bicyclic) bond motifs is 1. The average Bonchev–Trinajstić information content (AvgIpc) is 3.38. The molecule has 2 aliphatic heterocycles. The minimum atomic E-state index is -0.511. The van der Waals surface area contributed by atoms with Crippen LogP contribution in [0.2, 0.25) is 5.02 Å². The lowest BCUT2D eigenvalue weighted by atomic mass is 10.2. The second kappa shape index (κ2) is 7.21. The summed E-state index contributed by atoms with van der Waals surface area (Å²) < 4.78 is 12.9. The zero-order chi connectivity index (χ0) is 21.7. The molecule has 0 unspecified atom stereocenters. The van der Waals surface area contributed by atoms with Gasteiger partial charge in [0.2, 0.25) is 6.79 Å². The van der Waals surface area contributed by atoms with E-state index in [1.165, 1.54) is 0 Å². The third kappa shape index (κ3) is 3.23. The maximum absolute atomic E-state index is 12.9. The predicted octanol–water partition coefficient (Wildman–Crippen LogP) is 4.57. The van der Waals surface area contributed by atoms with Gasteiger partial charge in [-0.2, -0.15) is 0 Å². The first kappa shape index (κ1) is 19.3. The number of ether oxygens (including phenoxy) is 2. The Labute approximate surface area is 183 Å². The van der Waals surface area contributed by atoms with Crippen LogP contribution in [-0.4, -0.2) is 23.3 Å². The number of urea groups is 1. The van der Waals surface area contributed by atoms with Crippen LogP contribution in [0.25, 0.3) is 11.8 Å². The molecule has 3 amide bonds. The van der Waals surface area contributed by atoms with Gasteiger partial charge in [-0.15, -0.1) is 0 Å². The molecule has 0 atom stereocenters. The Morgan fingerprint density at radius 3 is 2.61 bits per heavy atom. The van der Waals surface area contributed by atoms with Gasteiger partial charge in [0.05, 0.1) is 5.69 Å². The number of aryl methyl sites for hydroxylation is 1. The number of amides is 3. The van der Waals surface area contributed by atoms with Gasteiger partial charge in [-0.05, 0) is 61.9 Å². The van der Waals surface area contributed by atoms with E-state index in [0.717, 1.165) is 27.5 Å². The van der Waals surface area contributed by atoms with E-state index in [1.54, 1.807) is 30.3 Å². The zero-order valence-electron chi connectivity index (χ0n) is 16.8. The number of nitrogens with zero attached hydrogens (tertiary/aromatic N) is 2. The average molecular weight is 436 g/mol. The molecule has 7 nitrogen and oxygen atoms in total. The molecule has 8 heteroatoms. The molecular weight excluding hydrogens is 418 g/mol. The molecule has 5 rings (SSSR count). The number of imide groups is 1. The van der Waals surface area contributed by atoms with Crippen LogP contribution in [0.15, 0.2) is 54.2 Å². The summed E-state index contributed by atoms with van der Waals surface area (Å²) in [4.78, 5) is 26.5. The first-order chi connectivity index (χ1) is 14.9. The van der Waals surface area contributed by atoms with Crippen LogP contribution in [-0.2, 0) is 4.79 Å². The molecule has 0 spiro atoms. The fraction of sp³-hybridized carbons (Fsp3) is 0.130. The summed E-state index contributed by atoms with van der Waals surface area (Å²) in [6.45, 7) is 4.15. The Morgan fingerprint density at radius 1 is 1.00 bits per heavy atom. The van der Waals surface area contributed by atoms with Crippen molar-refractivity contribution in [2.75, 3.05) is 11.7 Å². The number of nitrogens with one attached hydrogen (secondary N) is 1. The smallest absolute Gasteiger partial charge is 0.333 e. The van der Waals surface area contributed by atoms with E-state index in [-0.39, 0.29) is 12.5 Å². The minimum Gasteiger partial charge on any atom is -0.454 e. The van der Waals surface area contributed by atoms with E-state index in [4.69, 9.17) is 21.1 Å². The molecule has 1 N–H and O–H groups in total. The zero-order valence-corrected chi connectivity index (χ0v) is 17.6. The normalized spacial score (nSPS) is 16.4. The van der Waals surface area contributed by atoms with Crippen molar-refractivity contribution in [2.24, 2.45) is 0 Å². The maximum Gasteiger partial charge on any atom is 0.333 e. The minimum absolute atomic E-state index is 0.205. The molecule has 3 aromatic rings. The van der Waals surface area contributed by atoms with Crippen molar-refractivity contribution in [3.63, 3.8) is 0 Å². The summed E-state index contributed by atoms with van der Waals surface area (Å²) in [5, 5.41) is 3.11. The molecule has 3 heterocycles. The number of halogens is 1. The van der Waals surface area contributed by atoms with Gasteiger partial charge < -0.3 is 19.4 Å². The number of carbonyl (C=O) groups excluding carboxylic acids is 2. The molecule has 0 saturated carbocycles. The van der Waals surface area contributed by atoms with E-state index in [9.17, 15) is 9.59 Å². The van der Waals surface area contributed by atoms with Gasteiger partial charge in [-0.3, -0.25) is 4.79 Å². The summed E-state index contributed by atoms with van der Waals surface area (Å²) in [6.07, 6.45) is 1.69. The highest BCUT2D eigenvalue weighted by Crippen LogP contribution is 2.35. The standard InChI is InChI=1S/C23H18ClN3O4/c1-13-8-15(14(2)26(13)18-6-7-20-21(11-18)31-12-30-20)9-19-22(28)27(23(29)25-19)17-5-3-4-16(24)10-17/h3-11H,12H2,1-2H3,(H,25,29)/b19-9-. The number of anilines is 1. The van der Waals surface area contributed by atoms with Crippen LogP contribution < -0.4 is 19.7 Å². The highest BCUT2D eigenvalue weighted by molar-refractivity contribution is 6.32. The second-order valence-corrected chi connectivity index (χ2v) is 7.74. The van der Waals surface area contributed by atoms with Crippen LogP contribution in [0.1, 0.15) is 17.0 Å². The van der Waals surface area contributed by atoms with Crippen LogP contribution >= 0.6 is 11.6 Å². The Bertz CT molecular complexity index is 1280. The summed E-state index contributed by atoms with van der Waals surface area (Å²) in [5.41, 5.74) is 4.27. The molecule has 1 aromatic heterocycles. The van der Waals surface area contributed by atoms with Gasteiger partial charge in [0, 0.05) is 28.2 Å². The second-order valence-electron chi connectivity index (χ2n) is 7.31. The molecule has 31 heavy (non-hydrogen) atoms. The van der Waals surface area contributed by atoms with Gasteiger partial charge in [-0.1, -0.05) is 17.7 Å². The fourth-order valence-electron chi connectivity index (χ4n) is 3.90. The quantitative estimate of drug-likeness (QED) is 0.483. The predicted molar refractivity (Wildman–Crippen MR) is 117 cm³/mol. The van der Waals surface area contributed by atoms with Crippen LogP contribution in [0.4, 0.5) is 10.5 Å². The third-order valence-corrected chi connectivity index (χ3v) is 5.56. The number of hydrogen-bond donors (Lipinski definition) is 1. The van der Waals surface area contributed by atoms with E-state index in [0.29, 0.717) is 22.2 Å². The number of carbonyl (C=O) groups is 2. The van der Waals surface area contributed by atoms with Gasteiger partial charge in [-0.25, -0.2) is 9.69 Å². The molecule has 2 aliphatic rings. The fourth-order valence-corrected chi connectivity index (χ4v) is 4.08. The van der Waals surface area contributed by atoms with Crippen molar-refractivity contribution >= 4 is 35.3 Å². The maximum atomic E-state index is 12.9. The van der Waals surface area contributed by atoms with E-state index >= 15 is 0 Å². The molecule has 156 valence electrons. The van der Waals surface area contributed by atoms with E-state index in [2.05, 4.69) is 9.88 Å². The number of rotatable bonds is 3. The molecule has 1 fully saturated rings. The van der Waals surface area contributed by atoms with Crippen molar-refractivity contribution in [1.29, 1.82) is 0 Å². The van der Waals surface area contributed by atoms with Crippen molar-refractivity contribution < 1.29 is 19.1 Å². The summed E-state index contributed by atoms with van der Waals surface area (Å²) in [5.74, 6) is 0.981. The lowest BCUT2D eigenvalue weighted by Crippen LogP contribution is -2.30. The van der Waals surface area contributed by atoms with Crippen molar-refractivity contribution in [1.82, 2.24) is 9.88 Å². The Morgan fingerprint density at radius 2 is 1.81 bits per heavy atom. The highest BCUT2D eigenvalue weighted by atomic mass is 35.5. The van der Waals surface area contributed by atoms with Gasteiger partial charge in [0.1, 0.15) is 5.70 Å². The van der Waals surface area contributed by atoms with Crippen LogP contribution in [0.3, 0.4) is 0 Å². The number of hydrogen-bond acceptors (Lipinski definition) is 4. The lowest BCUT2D eigenvalue weighted by Gasteiger charge is -2.11. The SMILES string of the molecule is Cc1cc(/C=C2\NC(=O)N(c3cccc(Cl)c3)C2=O)c(C)n1-c1ccc2c(c1)OCO2. The van der Waals surface area contributed by atoms with Gasteiger partial charge >= 0.3 is 6.03 Å². The van der Waals surface area contributed by atoms with Gasteiger partial charge in [0.15, 0.2) is 11.5 Å². The molecule has 0 aliphatic carbocycles. The summed E-state index contributed by atoms with van der Waals surface area (Å²) in [6, 6.07) is 13.8. The Balaban J connectivity index is 1.50. The van der Waals surface area contributed by atoms with Crippen molar-refractivity contribution in [3.8, 4) is 17.2 Å².